The summed E-state index contributed by atoms with van der Waals surface area (Å²) in [6.45, 7) is 11.0. The lowest BCUT2D eigenvalue weighted by Crippen LogP contribution is -2.47. The fourth-order valence-electron chi connectivity index (χ4n) is 3.43. The number of aliphatic imine (C=N–C) groups is 1. The van der Waals surface area contributed by atoms with Crippen molar-refractivity contribution < 1.29 is 9.47 Å². The molecule has 2 rings (SSSR count). The number of piperazine rings is 1. The summed E-state index contributed by atoms with van der Waals surface area (Å²) in [5.41, 5.74) is 1.28. The van der Waals surface area contributed by atoms with Gasteiger partial charge in [0, 0.05) is 65.2 Å². The molecule has 0 bridgehead atoms. The van der Waals surface area contributed by atoms with Gasteiger partial charge in [-0.3, -0.25) is 9.89 Å². The third-order valence-corrected chi connectivity index (χ3v) is 5.19. The van der Waals surface area contributed by atoms with Crippen LogP contribution in [-0.4, -0.2) is 84.0 Å². The van der Waals surface area contributed by atoms with E-state index in [1.54, 1.807) is 7.11 Å². The lowest BCUT2D eigenvalue weighted by molar-refractivity contribution is 0.143. The fourth-order valence-corrected chi connectivity index (χ4v) is 3.43. The molecule has 7 nitrogen and oxygen atoms in total. The van der Waals surface area contributed by atoms with Crippen LogP contribution in [0.4, 0.5) is 5.69 Å². The molecule has 1 heterocycles. The quantitative estimate of drug-likeness (QED) is 0.187. The molecule has 0 aliphatic carbocycles. The number of rotatable bonds is 12. The summed E-state index contributed by atoms with van der Waals surface area (Å²) in [6.07, 6.45) is 3.30. The second kappa shape index (κ2) is 16.4. The summed E-state index contributed by atoms with van der Waals surface area (Å²) in [4.78, 5) is 9.29. The number of nitrogens with one attached hydrogen (secondary N) is 2. The van der Waals surface area contributed by atoms with E-state index in [1.165, 1.54) is 5.69 Å². The van der Waals surface area contributed by atoms with Gasteiger partial charge < -0.3 is 25.0 Å². The largest absolute Gasteiger partial charge is 0.497 e. The standard InChI is InChI=1S/C22H39N5O2.HI/c1-4-29-19-6-5-12-24-22(23-2)25-13-7-14-26-15-17-27(18-16-26)20-8-10-21(28-3)11-9-20;/h8-11H,4-7,12-19H2,1-3H3,(H2,23,24,25);1H. The van der Waals surface area contributed by atoms with Gasteiger partial charge in [0.1, 0.15) is 5.75 Å². The Labute approximate surface area is 199 Å². The average Bonchev–Trinajstić information content (AvgIpc) is 2.78. The van der Waals surface area contributed by atoms with Gasteiger partial charge in [0.15, 0.2) is 5.96 Å². The van der Waals surface area contributed by atoms with Crippen LogP contribution in [0.2, 0.25) is 0 Å². The number of hydrogen-bond donors (Lipinski definition) is 2. The first kappa shape index (κ1) is 26.8. The monoisotopic (exact) mass is 533 g/mol. The van der Waals surface area contributed by atoms with Crippen molar-refractivity contribution in [1.29, 1.82) is 0 Å². The van der Waals surface area contributed by atoms with E-state index in [9.17, 15) is 0 Å². The molecule has 8 heteroatoms. The second-order valence-corrected chi connectivity index (χ2v) is 7.21. The topological polar surface area (TPSA) is 61.4 Å². The third-order valence-electron chi connectivity index (χ3n) is 5.19. The van der Waals surface area contributed by atoms with Crippen LogP contribution in [-0.2, 0) is 4.74 Å². The number of unbranched alkanes of at least 4 members (excludes halogenated alkanes) is 1. The van der Waals surface area contributed by atoms with E-state index in [-0.39, 0.29) is 24.0 Å². The molecule has 30 heavy (non-hydrogen) atoms. The smallest absolute Gasteiger partial charge is 0.190 e. The van der Waals surface area contributed by atoms with Gasteiger partial charge in [-0.2, -0.15) is 0 Å². The van der Waals surface area contributed by atoms with E-state index in [0.717, 1.165) is 90.0 Å². The highest BCUT2D eigenvalue weighted by Gasteiger charge is 2.16. The van der Waals surface area contributed by atoms with Gasteiger partial charge >= 0.3 is 0 Å². The van der Waals surface area contributed by atoms with Gasteiger partial charge in [-0.1, -0.05) is 0 Å². The number of guanidine groups is 1. The van der Waals surface area contributed by atoms with Crippen LogP contribution < -0.4 is 20.3 Å². The van der Waals surface area contributed by atoms with Crippen molar-refractivity contribution in [3.8, 4) is 5.75 Å². The molecule has 0 amide bonds. The average molecular weight is 533 g/mol. The highest BCUT2D eigenvalue weighted by Crippen LogP contribution is 2.20. The number of benzene rings is 1. The summed E-state index contributed by atoms with van der Waals surface area (Å²) in [6, 6.07) is 8.36. The SMILES string of the molecule is CCOCCCCNC(=NC)NCCCN1CCN(c2ccc(OC)cc2)CC1.I. The van der Waals surface area contributed by atoms with Crippen molar-refractivity contribution in [2.24, 2.45) is 4.99 Å². The number of hydrogen-bond acceptors (Lipinski definition) is 5. The summed E-state index contributed by atoms with van der Waals surface area (Å²) >= 11 is 0. The zero-order valence-electron chi connectivity index (χ0n) is 18.9. The normalized spacial score (nSPS) is 14.9. The molecule has 1 aliphatic heterocycles. The van der Waals surface area contributed by atoms with E-state index >= 15 is 0 Å². The van der Waals surface area contributed by atoms with Crippen molar-refractivity contribution >= 4 is 35.6 Å². The molecule has 1 aromatic carbocycles. The number of methoxy groups -OCH3 is 1. The summed E-state index contributed by atoms with van der Waals surface area (Å²) in [7, 11) is 3.53. The van der Waals surface area contributed by atoms with Crippen LogP contribution in [0.1, 0.15) is 26.2 Å². The minimum Gasteiger partial charge on any atom is -0.497 e. The minimum atomic E-state index is 0. The summed E-state index contributed by atoms with van der Waals surface area (Å²) < 4.78 is 10.6. The van der Waals surface area contributed by atoms with E-state index in [4.69, 9.17) is 9.47 Å². The Balaban J connectivity index is 0.00000450. The molecule has 0 unspecified atom stereocenters. The zero-order valence-corrected chi connectivity index (χ0v) is 21.2. The Hall–Kier alpha value is -1.26. The molecular weight excluding hydrogens is 493 g/mol. The van der Waals surface area contributed by atoms with Crippen molar-refractivity contribution in [3.63, 3.8) is 0 Å². The van der Waals surface area contributed by atoms with Crippen molar-refractivity contribution in [2.45, 2.75) is 26.2 Å². The summed E-state index contributed by atoms with van der Waals surface area (Å²) in [5, 5.41) is 6.79. The third kappa shape index (κ3) is 10.2. The number of halogens is 1. The summed E-state index contributed by atoms with van der Waals surface area (Å²) in [5.74, 6) is 1.81. The number of nitrogens with zero attached hydrogens (tertiary/aromatic N) is 3. The maximum Gasteiger partial charge on any atom is 0.190 e. The maximum atomic E-state index is 5.36. The molecule has 1 saturated heterocycles. The molecule has 2 N–H and O–H groups in total. The second-order valence-electron chi connectivity index (χ2n) is 7.21. The van der Waals surface area contributed by atoms with Crippen molar-refractivity contribution in [2.75, 3.05) is 78.1 Å². The number of ether oxygens (including phenoxy) is 2. The van der Waals surface area contributed by atoms with Gasteiger partial charge in [-0.05, 0) is 57.0 Å². The predicted molar refractivity (Wildman–Crippen MR) is 137 cm³/mol. The van der Waals surface area contributed by atoms with Crippen LogP contribution >= 0.6 is 24.0 Å². The van der Waals surface area contributed by atoms with Crippen molar-refractivity contribution in [3.05, 3.63) is 24.3 Å². The molecule has 0 spiro atoms. The van der Waals surface area contributed by atoms with Gasteiger partial charge in [0.25, 0.3) is 0 Å². The Morgan fingerprint density at radius 1 is 1.00 bits per heavy atom. The molecule has 1 aromatic rings. The molecule has 1 aliphatic rings. The number of anilines is 1. The first-order valence-corrected chi connectivity index (χ1v) is 10.9. The van der Waals surface area contributed by atoms with Gasteiger partial charge in [-0.15, -0.1) is 24.0 Å². The van der Waals surface area contributed by atoms with Crippen LogP contribution in [0.3, 0.4) is 0 Å². The van der Waals surface area contributed by atoms with Gasteiger partial charge in [0.05, 0.1) is 7.11 Å². The molecule has 0 aromatic heterocycles. The fraction of sp³-hybridized carbons (Fsp3) is 0.682. The molecule has 172 valence electrons. The van der Waals surface area contributed by atoms with Gasteiger partial charge in [-0.25, -0.2) is 0 Å². The Bertz CT molecular complexity index is 577. The first-order chi connectivity index (χ1) is 14.3. The first-order valence-electron chi connectivity index (χ1n) is 10.9. The Morgan fingerprint density at radius 3 is 2.27 bits per heavy atom. The Kier molecular flexibility index (Phi) is 14.7. The minimum absolute atomic E-state index is 0. The van der Waals surface area contributed by atoms with Gasteiger partial charge in [0.2, 0.25) is 0 Å². The van der Waals surface area contributed by atoms with Crippen LogP contribution in [0, 0.1) is 0 Å². The molecule has 0 atom stereocenters. The zero-order chi connectivity index (χ0) is 20.7. The maximum absolute atomic E-state index is 5.36. The lowest BCUT2D eigenvalue weighted by atomic mass is 10.2. The molecule has 0 radical (unpaired) electrons. The van der Waals surface area contributed by atoms with E-state index < -0.39 is 0 Å². The predicted octanol–water partition coefficient (Wildman–Crippen LogP) is 2.81. The van der Waals surface area contributed by atoms with E-state index in [1.807, 2.05) is 26.1 Å². The highest BCUT2D eigenvalue weighted by molar-refractivity contribution is 14.0. The van der Waals surface area contributed by atoms with Crippen LogP contribution in [0.25, 0.3) is 0 Å². The molecule has 0 saturated carbocycles. The van der Waals surface area contributed by atoms with Crippen molar-refractivity contribution in [1.82, 2.24) is 15.5 Å². The van der Waals surface area contributed by atoms with E-state index in [2.05, 4.69) is 37.6 Å². The van der Waals surface area contributed by atoms with E-state index in [0.29, 0.717) is 0 Å². The lowest BCUT2D eigenvalue weighted by Gasteiger charge is -2.36. The Morgan fingerprint density at radius 2 is 1.67 bits per heavy atom. The van der Waals surface area contributed by atoms with Crippen LogP contribution in [0.5, 0.6) is 5.75 Å². The van der Waals surface area contributed by atoms with Crippen LogP contribution in [0.15, 0.2) is 29.3 Å². The highest BCUT2D eigenvalue weighted by atomic mass is 127. The molecular formula is C22H40IN5O2. The molecule has 1 fully saturated rings.